The molecule has 1 atom stereocenters. The molecule has 25 heavy (non-hydrogen) atoms. The number of fused-ring (bicyclic) bond motifs is 1. The molecule has 0 fully saturated rings. The van der Waals surface area contributed by atoms with Gasteiger partial charge in [0.25, 0.3) is 5.82 Å². The number of nitrogens with one attached hydrogen (secondary N) is 2. The van der Waals surface area contributed by atoms with Gasteiger partial charge < -0.3 is 5.11 Å². The molecular formula is C21H18N3O+. The van der Waals surface area contributed by atoms with Crippen molar-refractivity contribution in [3.63, 3.8) is 0 Å². The van der Waals surface area contributed by atoms with Crippen molar-refractivity contribution in [2.24, 2.45) is 0 Å². The summed E-state index contributed by atoms with van der Waals surface area (Å²) in [5, 5.41) is 15.2. The first kappa shape index (κ1) is 15.1. The number of nitrogens with zero attached hydrogens (tertiary/aromatic N) is 1. The lowest BCUT2D eigenvalue weighted by atomic mass is 9.96. The second-order valence-electron chi connectivity index (χ2n) is 5.84. The number of aromatic amines is 1. The van der Waals surface area contributed by atoms with Gasteiger partial charge in [-0.1, -0.05) is 48.5 Å². The third kappa shape index (κ3) is 3.02. The summed E-state index contributed by atoms with van der Waals surface area (Å²) in [5.41, 5.74) is 2.46. The molecule has 2 aromatic heterocycles. The third-order valence-corrected chi connectivity index (χ3v) is 4.23. The zero-order valence-electron chi connectivity index (χ0n) is 13.6. The van der Waals surface area contributed by atoms with Crippen LogP contribution in [0.3, 0.4) is 0 Å². The zero-order valence-corrected chi connectivity index (χ0v) is 13.6. The van der Waals surface area contributed by atoms with Gasteiger partial charge in [-0.05, 0) is 18.2 Å². The lowest BCUT2D eigenvalue weighted by Gasteiger charge is -2.17. The average molecular weight is 328 g/mol. The van der Waals surface area contributed by atoms with E-state index in [2.05, 4.69) is 15.3 Å². The molecule has 4 heteroatoms. The minimum absolute atomic E-state index is 0.203. The molecule has 2 aromatic carbocycles. The molecule has 0 aliphatic rings. The van der Waals surface area contributed by atoms with Crippen molar-refractivity contribution in [2.75, 3.05) is 5.32 Å². The summed E-state index contributed by atoms with van der Waals surface area (Å²) < 4.78 is 0. The highest BCUT2D eigenvalue weighted by atomic mass is 16.3. The Kier molecular flexibility index (Phi) is 4.01. The molecule has 4 rings (SSSR count). The fourth-order valence-electron chi connectivity index (χ4n) is 3.00. The number of aromatic hydroxyl groups is 1. The summed E-state index contributed by atoms with van der Waals surface area (Å²) in [6.45, 7) is 0. The summed E-state index contributed by atoms with van der Waals surface area (Å²) in [4.78, 5) is 7.53. The zero-order chi connectivity index (χ0) is 17.1. The normalized spacial score (nSPS) is 12.0. The second kappa shape index (κ2) is 6.61. The van der Waals surface area contributed by atoms with E-state index in [0.717, 1.165) is 22.3 Å². The van der Waals surface area contributed by atoms with Crippen molar-refractivity contribution in [2.45, 2.75) is 6.04 Å². The predicted molar refractivity (Wildman–Crippen MR) is 98.3 cm³/mol. The minimum atomic E-state index is -0.203. The summed E-state index contributed by atoms with van der Waals surface area (Å²) >= 11 is 0. The standard InChI is InChI=1S/C21H17N3O/c25-21-17(12-11-16-9-6-14-23-20(16)21)19(15-7-2-1-3-8-15)24-18-10-4-5-13-22-18/h1-14,19,25H,(H,22,24)/p+1/t19-/m0/s1. The van der Waals surface area contributed by atoms with Crippen LogP contribution < -0.4 is 10.3 Å². The summed E-state index contributed by atoms with van der Waals surface area (Å²) in [5.74, 6) is 1.08. The van der Waals surface area contributed by atoms with E-state index in [1.54, 1.807) is 6.20 Å². The minimum Gasteiger partial charge on any atom is -0.505 e. The van der Waals surface area contributed by atoms with Crippen LogP contribution >= 0.6 is 0 Å². The van der Waals surface area contributed by atoms with Gasteiger partial charge in [0.2, 0.25) is 0 Å². The van der Waals surface area contributed by atoms with Gasteiger partial charge in [-0.25, -0.2) is 4.98 Å². The maximum Gasteiger partial charge on any atom is 0.272 e. The maximum absolute atomic E-state index is 10.8. The van der Waals surface area contributed by atoms with Gasteiger partial charge in [0.1, 0.15) is 17.3 Å². The summed E-state index contributed by atoms with van der Waals surface area (Å²) in [6, 6.07) is 23.5. The van der Waals surface area contributed by atoms with E-state index >= 15 is 0 Å². The summed E-state index contributed by atoms with van der Waals surface area (Å²) in [7, 11) is 0. The fourth-order valence-corrected chi connectivity index (χ4v) is 3.00. The molecule has 0 amide bonds. The van der Waals surface area contributed by atoms with Crippen LogP contribution in [0.1, 0.15) is 17.2 Å². The van der Waals surface area contributed by atoms with Crippen LogP contribution in [0.15, 0.2) is 85.2 Å². The van der Waals surface area contributed by atoms with Crippen LogP contribution in [0.5, 0.6) is 5.75 Å². The number of rotatable bonds is 4. The highest BCUT2D eigenvalue weighted by Crippen LogP contribution is 2.35. The van der Waals surface area contributed by atoms with Gasteiger partial charge in [0.15, 0.2) is 0 Å². The van der Waals surface area contributed by atoms with Crippen molar-refractivity contribution >= 4 is 16.7 Å². The number of hydrogen-bond donors (Lipinski definition) is 2. The molecule has 2 heterocycles. The number of phenolic OH excluding ortho intramolecular Hbond substituents is 1. The van der Waals surface area contributed by atoms with Crippen molar-refractivity contribution in [3.05, 3.63) is 96.3 Å². The number of hydrogen-bond acceptors (Lipinski definition) is 3. The number of benzene rings is 2. The van der Waals surface area contributed by atoms with E-state index in [0.29, 0.717) is 5.52 Å². The second-order valence-corrected chi connectivity index (χ2v) is 5.84. The smallest absolute Gasteiger partial charge is 0.272 e. The molecule has 0 bridgehead atoms. The first-order valence-corrected chi connectivity index (χ1v) is 8.18. The van der Waals surface area contributed by atoms with Crippen molar-refractivity contribution in [3.8, 4) is 5.75 Å². The van der Waals surface area contributed by atoms with E-state index in [-0.39, 0.29) is 11.8 Å². The predicted octanol–water partition coefficient (Wildman–Crippen LogP) is 3.96. The Labute approximate surface area is 145 Å². The molecule has 3 N–H and O–H groups in total. The molecular weight excluding hydrogens is 310 g/mol. The van der Waals surface area contributed by atoms with Gasteiger partial charge >= 0.3 is 0 Å². The average Bonchev–Trinajstić information content (AvgIpc) is 2.69. The SMILES string of the molecule is Oc1c([C@@H](Nc2cccc[nH+]2)c2ccccc2)ccc2cccnc12. The van der Waals surface area contributed by atoms with Crippen LogP contribution in [0.2, 0.25) is 0 Å². The number of H-pyrrole nitrogens is 1. The van der Waals surface area contributed by atoms with E-state index < -0.39 is 0 Å². The molecule has 0 saturated carbocycles. The van der Waals surface area contributed by atoms with E-state index in [9.17, 15) is 5.11 Å². The Bertz CT molecular complexity index is 988. The Morgan fingerprint density at radius 1 is 0.880 bits per heavy atom. The molecule has 0 aliphatic heterocycles. The first-order valence-electron chi connectivity index (χ1n) is 8.18. The first-order chi connectivity index (χ1) is 12.3. The number of anilines is 1. The molecule has 0 radical (unpaired) electrons. The monoisotopic (exact) mass is 328 g/mol. The van der Waals surface area contributed by atoms with Crippen LogP contribution in [-0.4, -0.2) is 10.1 Å². The Morgan fingerprint density at radius 2 is 1.72 bits per heavy atom. The van der Waals surface area contributed by atoms with Gasteiger partial charge in [0, 0.05) is 28.8 Å². The quantitative estimate of drug-likeness (QED) is 0.596. The van der Waals surface area contributed by atoms with Crippen LogP contribution in [0.4, 0.5) is 5.82 Å². The lowest BCUT2D eigenvalue weighted by Crippen LogP contribution is -2.18. The lowest BCUT2D eigenvalue weighted by molar-refractivity contribution is -0.361. The largest absolute Gasteiger partial charge is 0.505 e. The Hall–Kier alpha value is -3.40. The Balaban J connectivity index is 1.85. The van der Waals surface area contributed by atoms with Gasteiger partial charge in [0.05, 0.1) is 6.20 Å². The van der Waals surface area contributed by atoms with Crippen molar-refractivity contribution in [1.82, 2.24) is 4.98 Å². The molecule has 4 nitrogen and oxygen atoms in total. The fraction of sp³-hybridized carbons (Fsp3) is 0.0476. The van der Waals surface area contributed by atoms with Crippen LogP contribution in [-0.2, 0) is 0 Å². The van der Waals surface area contributed by atoms with Crippen LogP contribution in [0, 0.1) is 0 Å². The molecule has 0 unspecified atom stereocenters. The maximum atomic E-state index is 10.8. The number of aromatic nitrogens is 2. The molecule has 0 aliphatic carbocycles. The summed E-state index contributed by atoms with van der Waals surface area (Å²) in [6.07, 6.45) is 3.56. The molecule has 0 saturated heterocycles. The number of pyridine rings is 2. The van der Waals surface area contributed by atoms with Gasteiger partial charge in [-0.2, -0.15) is 0 Å². The highest BCUT2D eigenvalue weighted by molar-refractivity contribution is 5.85. The number of phenols is 1. The van der Waals surface area contributed by atoms with Gasteiger partial charge in [-0.15, -0.1) is 0 Å². The third-order valence-electron chi connectivity index (χ3n) is 4.23. The van der Waals surface area contributed by atoms with Crippen LogP contribution in [0.25, 0.3) is 10.9 Å². The van der Waals surface area contributed by atoms with Crippen molar-refractivity contribution < 1.29 is 10.1 Å². The van der Waals surface area contributed by atoms with E-state index in [4.69, 9.17) is 0 Å². The van der Waals surface area contributed by atoms with E-state index in [1.807, 2.05) is 79.0 Å². The molecule has 0 spiro atoms. The molecule has 122 valence electrons. The van der Waals surface area contributed by atoms with E-state index in [1.165, 1.54) is 0 Å². The topological polar surface area (TPSA) is 59.3 Å². The Morgan fingerprint density at radius 3 is 2.52 bits per heavy atom. The van der Waals surface area contributed by atoms with Crippen molar-refractivity contribution in [1.29, 1.82) is 0 Å². The molecule has 4 aromatic rings. The highest BCUT2D eigenvalue weighted by Gasteiger charge is 2.23. The van der Waals surface area contributed by atoms with Gasteiger partial charge in [-0.3, -0.25) is 10.3 Å².